The molecule has 1 amide bonds. The van der Waals surface area contributed by atoms with E-state index >= 15 is 0 Å². The Labute approximate surface area is 130 Å². The van der Waals surface area contributed by atoms with Gasteiger partial charge in [0.15, 0.2) is 6.61 Å². The van der Waals surface area contributed by atoms with Crippen LogP contribution in [0.5, 0.6) is 11.5 Å². The highest BCUT2D eigenvalue weighted by atomic mass is 16.5. The topological polar surface area (TPSA) is 47.6 Å². The number of hydrogen-bond acceptors (Lipinski definition) is 3. The van der Waals surface area contributed by atoms with Crippen LogP contribution in [0.25, 0.3) is 0 Å². The zero-order valence-electron chi connectivity index (χ0n) is 12.5. The molecule has 0 aliphatic heterocycles. The van der Waals surface area contributed by atoms with Crippen molar-refractivity contribution in [2.24, 2.45) is 0 Å². The number of carbonyl (C=O) groups is 1. The van der Waals surface area contributed by atoms with Gasteiger partial charge in [0.1, 0.15) is 18.1 Å². The minimum Gasteiger partial charge on any atom is -0.489 e. The van der Waals surface area contributed by atoms with Crippen LogP contribution in [0.2, 0.25) is 0 Å². The van der Waals surface area contributed by atoms with Crippen LogP contribution in [0.1, 0.15) is 5.56 Å². The maximum Gasteiger partial charge on any atom is 0.262 e. The van der Waals surface area contributed by atoms with Gasteiger partial charge < -0.3 is 14.8 Å². The molecule has 2 aromatic rings. The van der Waals surface area contributed by atoms with E-state index in [1.807, 2.05) is 43.3 Å². The first-order valence-corrected chi connectivity index (χ1v) is 7.01. The Morgan fingerprint density at radius 3 is 2.77 bits per heavy atom. The van der Waals surface area contributed by atoms with Crippen LogP contribution in [0.15, 0.2) is 61.2 Å². The van der Waals surface area contributed by atoms with E-state index in [1.54, 1.807) is 18.2 Å². The molecule has 0 radical (unpaired) electrons. The Morgan fingerprint density at radius 2 is 2.00 bits per heavy atom. The average molecular weight is 297 g/mol. The summed E-state index contributed by atoms with van der Waals surface area (Å²) in [4.78, 5) is 11.9. The Hall–Kier alpha value is -2.75. The molecular formula is C18H19NO3. The SMILES string of the molecule is C=CCOc1cccc(NC(=O)COc2ccccc2C)c1. The summed E-state index contributed by atoms with van der Waals surface area (Å²) in [6, 6.07) is 14.8. The van der Waals surface area contributed by atoms with E-state index < -0.39 is 0 Å². The summed E-state index contributed by atoms with van der Waals surface area (Å²) in [7, 11) is 0. The van der Waals surface area contributed by atoms with Crippen molar-refractivity contribution >= 4 is 11.6 Å². The van der Waals surface area contributed by atoms with Crippen molar-refractivity contribution in [1.29, 1.82) is 0 Å². The van der Waals surface area contributed by atoms with Crippen LogP contribution in [0.3, 0.4) is 0 Å². The van der Waals surface area contributed by atoms with Crippen molar-refractivity contribution < 1.29 is 14.3 Å². The highest BCUT2D eigenvalue weighted by Crippen LogP contribution is 2.18. The molecule has 0 saturated carbocycles. The molecule has 4 heteroatoms. The van der Waals surface area contributed by atoms with Crippen molar-refractivity contribution in [3.8, 4) is 11.5 Å². The van der Waals surface area contributed by atoms with E-state index in [1.165, 1.54) is 0 Å². The standard InChI is InChI=1S/C18H19NO3/c1-3-11-21-16-9-6-8-15(12-16)19-18(20)13-22-17-10-5-4-7-14(17)2/h3-10,12H,1,11,13H2,2H3,(H,19,20). The number of nitrogens with one attached hydrogen (secondary N) is 1. The minimum absolute atomic E-state index is 0.0391. The van der Waals surface area contributed by atoms with Gasteiger partial charge in [0.2, 0.25) is 0 Å². The molecule has 2 aromatic carbocycles. The fraction of sp³-hybridized carbons (Fsp3) is 0.167. The van der Waals surface area contributed by atoms with Crippen LogP contribution >= 0.6 is 0 Å². The first-order valence-electron chi connectivity index (χ1n) is 7.01. The summed E-state index contributed by atoms with van der Waals surface area (Å²) >= 11 is 0. The molecule has 0 heterocycles. The monoisotopic (exact) mass is 297 g/mol. The number of aryl methyl sites for hydroxylation is 1. The van der Waals surface area contributed by atoms with Crippen molar-refractivity contribution in [3.63, 3.8) is 0 Å². The van der Waals surface area contributed by atoms with Crippen LogP contribution in [-0.2, 0) is 4.79 Å². The largest absolute Gasteiger partial charge is 0.489 e. The lowest BCUT2D eigenvalue weighted by Gasteiger charge is -2.10. The lowest BCUT2D eigenvalue weighted by atomic mass is 10.2. The average Bonchev–Trinajstić information content (AvgIpc) is 2.52. The molecule has 1 N–H and O–H groups in total. The number of para-hydroxylation sites is 1. The van der Waals surface area contributed by atoms with Gasteiger partial charge >= 0.3 is 0 Å². The zero-order chi connectivity index (χ0) is 15.8. The molecule has 0 saturated heterocycles. The van der Waals surface area contributed by atoms with Crippen LogP contribution < -0.4 is 14.8 Å². The lowest BCUT2D eigenvalue weighted by Crippen LogP contribution is -2.20. The second-order valence-electron chi connectivity index (χ2n) is 4.73. The molecule has 0 aliphatic carbocycles. The summed E-state index contributed by atoms with van der Waals surface area (Å²) < 4.78 is 10.9. The fourth-order valence-electron chi connectivity index (χ4n) is 1.88. The van der Waals surface area contributed by atoms with Crippen molar-refractivity contribution in [1.82, 2.24) is 0 Å². The summed E-state index contributed by atoms with van der Waals surface area (Å²) in [6.45, 7) is 5.92. The van der Waals surface area contributed by atoms with Gasteiger partial charge in [0, 0.05) is 11.8 Å². The van der Waals surface area contributed by atoms with Gasteiger partial charge in [0.05, 0.1) is 0 Å². The van der Waals surface area contributed by atoms with Crippen molar-refractivity contribution in [2.45, 2.75) is 6.92 Å². The van der Waals surface area contributed by atoms with Gasteiger partial charge in [-0.05, 0) is 30.7 Å². The Bertz CT molecular complexity index is 652. The third-order valence-electron chi connectivity index (χ3n) is 2.94. The van der Waals surface area contributed by atoms with Gasteiger partial charge in [-0.2, -0.15) is 0 Å². The second-order valence-corrected chi connectivity index (χ2v) is 4.73. The quantitative estimate of drug-likeness (QED) is 0.795. The summed E-state index contributed by atoms with van der Waals surface area (Å²) in [5, 5.41) is 2.78. The Balaban J connectivity index is 1.89. The smallest absolute Gasteiger partial charge is 0.262 e. The number of rotatable bonds is 7. The molecule has 0 aliphatic rings. The van der Waals surface area contributed by atoms with Crippen LogP contribution in [0, 0.1) is 6.92 Å². The lowest BCUT2D eigenvalue weighted by molar-refractivity contribution is -0.118. The predicted octanol–water partition coefficient (Wildman–Crippen LogP) is 3.58. The highest BCUT2D eigenvalue weighted by Gasteiger charge is 2.06. The number of benzene rings is 2. The van der Waals surface area contributed by atoms with Gasteiger partial charge in [-0.3, -0.25) is 4.79 Å². The van der Waals surface area contributed by atoms with Crippen molar-refractivity contribution in [3.05, 3.63) is 66.7 Å². The molecule has 0 unspecified atom stereocenters. The highest BCUT2D eigenvalue weighted by molar-refractivity contribution is 5.92. The molecule has 0 fully saturated rings. The minimum atomic E-state index is -0.218. The van der Waals surface area contributed by atoms with E-state index in [0.29, 0.717) is 23.8 Å². The maximum atomic E-state index is 11.9. The normalized spacial score (nSPS) is 9.86. The molecule has 114 valence electrons. The van der Waals surface area contributed by atoms with Crippen LogP contribution in [0.4, 0.5) is 5.69 Å². The first-order chi connectivity index (χ1) is 10.7. The number of ether oxygens (including phenoxy) is 2. The molecular weight excluding hydrogens is 278 g/mol. The predicted molar refractivity (Wildman–Crippen MR) is 87.4 cm³/mol. The van der Waals surface area contributed by atoms with Crippen molar-refractivity contribution in [2.75, 3.05) is 18.5 Å². The van der Waals surface area contributed by atoms with E-state index in [-0.39, 0.29) is 12.5 Å². The van der Waals surface area contributed by atoms with Gasteiger partial charge in [0.25, 0.3) is 5.91 Å². The number of hydrogen-bond donors (Lipinski definition) is 1. The van der Waals surface area contributed by atoms with Gasteiger partial charge in [-0.25, -0.2) is 0 Å². The molecule has 4 nitrogen and oxygen atoms in total. The second kappa shape index (κ2) is 7.88. The van der Waals surface area contributed by atoms with E-state index in [9.17, 15) is 4.79 Å². The van der Waals surface area contributed by atoms with E-state index in [2.05, 4.69) is 11.9 Å². The number of carbonyl (C=O) groups excluding carboxylic acids is 1. The molecule has 0 bridgehead atoms. The zero-order valence-corrected chi connectivity index (χ0v) is 12.5. The number of anilines is 1. The third-order valence-corrected chi connectivity index (χ3v) is 2.94. The van der Waals surface area contributed by atoms with Gasteiger partial charge in [-0.1, -0.05) is 36.9 Å². The van der Waals surface area contributed by atoms with Gasteiger partial charge in [-0.15, -0.1) is 0 Å². The summed E-state index contributed by atoms with van der Waals surface area (Å²) in [5.74, 6) is 1.17. The molecule has 0 aromatic heterocycles. The fourth-order valence-corrected chi connectivity index (χ4v) is 1.88. The molecule has 2 rings (SSSR count). The molecule has 0 spiro atoms. The van der Waals surface area contributed by atoms with Crippen LogP contribution in [-0.4, -0.2) is 19.1 Å². The number of amides is 1. The Kier molecular flexibility index (Phi) is 5.60. The molecule has 22 heavy (non-hydrogen) atoms. The van der Waals surface area contributed by atoms with E-state index in [0.717, 1.165) is 5.56 Å². The summed E-state index contributed by atoms with van der Waals surface area (Å²) in [5.41, 5.74) is 1.66. The third kappa shape index (κ3) is 4.66. The maximum absolute atomic E-state index is 11.9. The van der Waals surface area contributed by atoms with E-state index in [4.69, 9.17) is 9.47 Å². The first kappa shape index (κ1) is 15.6. The molecule has 0 atom stereocenters. The Morgan fingerprint density at radius 1 is 1.18 bits per heavy atom. The summed E-state index contributed by atoms with van der Waals surface area (Å²) in [6.07, 6.45) is 1.67.